The maximum Gasteiger partial charge on any atom is 0.262 e. The fraction of sp³-hybridized carbons (Fsp3) is 0.333. The van der Waals surface area contributed by atoms with Gasteiger partial charge in [-0.15, -0.1) is 10.2 Å². The minimum absolute atomic E-state index is 0.0822. The molecule has 9 heteroatoms. The third-order valence-corrected chi connectivity index (χ3v) is 6.45. The predicted molar refractivity (Wildman–Crippen MR) is 128 cm³/mol. The van der Waals surface area contributed by atoms with Crippen LogP contribution in [-0.2, 0) is 17.9 Å². The van der Waals surface area contributed by atoms with E-state index in [0.717, 1.165) is 19.3 Å². The fourth-order valence-electron chi connectivity index (χ4n) is 3.68. The van der Waals surface area contributed by atoms with Gasteiger partial charge in [0.2, 0.25) is 11.7 Å². The number of rotatable bonds is 9. The molecule has 0 aliphatic carbocycles. The lowest BCUT2D eigenvalue weighted by atomic mass is 10.1. The molecule has 4 rings (SSSR count). The van der Waals surface area contributed by atoms with Crippen LogP contribution in [0.25, 0.3) is 16.7 Å². The van der Waals surface area contributed by atoms with Gasteiger partial charge in [-0.05, 0) is 42.7 Å². The molecule has 0 saturated carbocycles. The molecule has 1 N–H and O–H groups in total. The highest BCUT2D eigenvalue weighted by Crippen LogP contribution is 2.22. The van der Waals surface area contributed by atoms with Crippen LogP contribution in [-0.4, -0.2) is 30.8 Å². The van der Waals surface area contributed by atoms with E-state index < -0.39 is 0 Å². The second-order valence-corrected chi connectivity index (χ2v) is 8.89. The van der Waals surface area contributed by atoms with Crippen LogP contribution in [0.1, 0.15) is 37.3 Å². The van der Waals surface area contributed by atoms with E-state index in [1.807, 2.05) is 22.6 Å². The first-order chi connectivity index (χ1) is 16.0. The minimum Gasteiger partial charge on any atom is -0.351 e. The van der Waals surface area contributed by atoms with Gasteiger partial charge >= 0.3 is 0 Å². The highest BCUT2D eigenvalue weighted by Gasteiger charge is 2.17. The Labute approximate surface area is 195 Å². The van der Waals surface area contributed by atoms with Gasteiger partial charge in [-0.2, -0.15) is 0 Å². The first kappa shape index (κ1) is 23.0. The topological polar surface area (TPSA) is 81.3 Å². The lowest BCUT2D eigenvalue weighted by Crippen LogP contribution is -2.25. The molecule has 7 nitrogen and oxygen atoms in total. The molecule has 172 valence electrons. The highest BCUT2D eigenvalue weighted by atomic mass is 32.2. The quantitative estimate of drug-likeness (QED) is 0.296. The maximum absolute atomic E-state index is 13.7. The van der Waals surface area contributed by atoms with E-state index in [4.69, 9.17) is 0 Å². The summed E-state index contributed by atoms with van der Waals surface area (Å²) in [7, 11) is 0. The van der Waals surface area contributed by atoms with Crippen molar-refractivity contribution >= 4 is 34.3 Å². The van der Waals surface area contributed by atoms with Crippen molar-refractivity contribution < 1.29 is 9.18 Å². The van der Waals surface area contributed by atoms with E-state index in [2.05, 4.69) is 22.4 Å². The van der Waals surface area contributed by atoms with Crippen molar-refractivity contribution in [3.05, 3.63) is 69.8 Å². The van der Waals surface area contributed by atoms with Crippen molar-refractivity contribution in [1.29, 1.82) is 0 Å². The molecule has 0 aliphatic heterocycles. The summed E-state index contributed by atoms with van der Waals surface area (Å²) < 4.78 is 17.2. The molecule has 0 fully saturated rings. The predicted octanol–water partition coefficient (Wildman–Crippen LogP) is 4.09. The summed E-state index contributed by atoms with van der Waals surface area (Å²) in [5.74, 6) is 0.118. The van der Waals surface area contributed by atoms with E-state index in [1.54, 1.807) is 29.7 Å². The zero-order valence-electron chi connectivity index (χ0n) is 18.7. The van der Waals surface area contributed by atoms with E-state index in [1.165, 1.54) is 17.8 Å². The molecule has 33 heavy (non-hydrogen) atoms. The molecule has 2 aromatic carbocycles. The van der Waals surface area contributed by atoms with Crippen LogP contribution < -0.4 is 10.9 Å². The minimum atomic E-state index is -0.289. The number of thioether (sulfide) groups is 1. The van der Waals surface area contributed by atoms with Crippen molar-refractivity contribution in [3.8, 4) is 0 Å². The number of aryl methyl sites for hydroxylation is 2. The molecular weight excluding hydrogens is 441 g/mol. The average Bonchev–Trinajstić information content (AvgIpc) is 3.24. The number of nitrogens with one attached hydrogen (secondary N) is 1. The number of aromatic nitrogens is 4. The van der Waals surface area contributed by atoms with E-state index >= 15 is 0 Å². The number of hydrogen-bond donors (Lipinski definition) is 1. The Balaban J connectivity index is 1.55. The van der Waals surface area contributed by atoms with Crippen molar-refractivity contribution in [3.63, 3.8) is 0 Å². The van der Waals surface area contributed by atoms with E-state index in [9.17, 15) is 14.0 Å². The largest absolute Gasteiger partial charge is 0.351 e. The second-order valence-electron chi connectivity index (χ2n) is 7.95. The number of carbonyl (C=O) groups excluding carboxylic acids is 1. The third-order valence-electron chi connectivity index (χ3n) is 5.52. The third kappa shape index (κ3) is 4.93. The molecule has 0 spiro atoms. The summed E-state index contributed by atoms with van der Waals surface area (Å²) in [5, 5.41) is 12.5. The number of amides is 1. The molecule has 0 radical (unpaired) electrons. The molecule has 0 aliphatic rings. The number of hydrogen-bond acceptors (Lipinski definition) is 5. The van der Waals surface area contributed by atoms with Crippen molar-refractivity contribution in [2.75, 3.05) is 5.75 Å². The first-order valence-electron chi connectivity index (χ1n) is 11.0. The van der Waals surface area contributed by atoms with E-state index in [-0.39, 0.29) is 29.6 Å². The zero-order chi connectivity index (χ0) is 23.4. The normalized spacial score (nSPS) is 11.4. The van der Waals surface area contributed by atoms with Gasteiger partial charge in [-0.3, -0.25) is 18.6 Å². The molecule has 0 atom stereocenters. The van der Waals surface area contributed by atoms with Crippen LogP contribution in [0.15, 0.2) is 52.4 Å². The molecule has 0 bridgehead atoms. The van der Waals surface area contributed by atoms with Crippen LogP contribution in [0.3, 0.4) is 0 Å². The number of benzene rings is 2. The summed E-state index contributed by atoms with van der Waals surface area (Å²) in [6.07, 6.45) is 2.95. The fourth-order valence-corrected chi connectivity index (χ4v) is 4.45. The SMILES string of the molecule is CCCCCn1c(=O)c2ccccc2n2c(SCC(=O)NCc3ccc(C)c(F)c3)nnc12. The molecule has 2 heterocycles. The number of unbranched alkanes of at least 4 members (excludes halogenated alkanes) is 2. The second kappa shape index (κ2) is 10.2. The first-order valence-corrected chi connectivity index (χ1v) is 12.0. The van der Waals surface area contributed by atoms with Gasteiger partial charge in [0.25, 0.3) is 5.56 Å². The number of fused-ring (bicyclic) bond motifs is 3. The van der Waals surface area contributed by atoms with Crippen molar-refractivity contribution in [2.45, 2.75) is 51.4 Å². The van der Waals surface area contributed by atoms with Crippen LogP contribution in [0.2, 0.25) is 0 Å². The van der Waals surface area contributed by atoms with Gasteiger partial charge in [0.15, 0.2) is 5.16 Å². The smallest absolute Gasteiger partial charge is 0.262 e. The summed E-state index contributed by atoms with van der Waals surface area (Å²) in [6.45, 7) is 4.63. The van der Waals surface area contributed by atoms with Gasteiger partial charge < -0.3 is 5.32 Å². The Hall–Kier alpha value is -3.20. The van der Waals surface area contributed by atoms with Crippen LogP contribution in [0.5, 0.6) is 0 Å². The van der Waals surface area contributed by atoms with Crippen LogP contribution in [0.4, 0.5) is 4.39 Å². The standard InChI is InChI=1S/C24H26FN5O2S/c1-3-4-7-12-29-22(32)18-8-5-6-9-20(18)30-23(29)27-28-24(30)33-15-21(31)26-14-17-11-10-16(2)19(25)13-17/h5-6,8-11,13H,3-4,7,12,14-15H2,1-2H3,(H,26,31). The molecule has 4 aromatic rings. The highest BCUT2D eigenvalue weighted by molar-refractivity contribution is 7.99. The average molecular weight is 468 g/mol. The zero-order valence-corrected chi connectivity index (χ0v) is 19.5. The number of nitrogens with zero attached hydrogens (tertiary/aromatic N) is 4. The van der Waals surface area contributed by atoms with Crippen LogP contribution in [0, 0.1) is 12.7 Å². The Morgan fingerprint density at radius 3 is 2.76 bits per heavy atom. The summed E-state index contributed by atoms with van der Waals surface area (Å²) >= 11 is 1.25. The van der Waals surface area contributed by atoms with Gasteiger partial charge in [0.05, 0.1) is 16.7 Å². The lowest BCUT2D eigenvalue weighted by Gasteiger charge is -2.11. The van der Waals surface area contributed by atoms with Crippen molar-refractivity contribution in [2.24, 2.45) is 0 Å². The van der Waals surface area contributed by atoms with Gasteiger partial charge in [0, 0.05) is 13.1 Å². The maximum atomic E-state index is 13.7. The number of carbonyl (C=O) groups is 1. The summed E-state index contributed by atoms with van der Waals surface area (Å²) in [5.41, 5.74) is 1.90. The van der Waals surface area contributed by atoms with Crippen molar-refractivity contribution in [1.82, 2.24) is 24.5 Å². The van der Waals surface area contributed by atoms with E-state index in [0.29, 0.717) is 39.5 Å². The molecule has 2 aromatic heterocycles. The van der Waals surface area contributed by atoms with Gasteiger partial charge in [-0.1, -0.05) is 55.8 Å². The number of para-hydroxylation sites is 1. The molecular formula is C24H26FN5O2S. The monoisotopic (exact) mass is 467 g/mol. The Morgan fingerprint density at radius 1 is 1.15 bits per heavy atom. The number of halogens is 1. The molecule has 0 saturated heterocycles. The summed E-state index contributed by atoms with van der Waals surface area (Å²) in [4.78, 5) is 25.5. The Kier molecular flexibility index (Phi) is 7.08. The molecule has 1 amide bonds. The molecule has 0 unspecified atom stereocenters. The summed E-state index contributed by atoms with van der Waals surface area (Å²) in [6, 6.07) is 12.3. The van der Waals surface area contributed by atoms with Gasteiger partial charge in [0.1, 0.15) is 5.82 Å². The van der Waals surface area contributed by atoms with Gasteiger partial charge in [-0.25, -0.2) is 4.39 Å². The lowest BCUT2D eigenvalue weighted by molar-refractivity contribution is -0.118. The Bertz CT molecular complexity index is 1360. The Morgan fingerprint density at radius 2 is 1.97 bits per heavy atom. The van der Waals surface area contributed by atoms with Crippen LogP contribution >= 0.6 is 11.8 Å².